The van der Waals surface area contributed by atoms with Crippen molar-refractivity contribution in [3.8, 4) is 0 Å². The molecule has 0 saturated carbocycles. The van der Waals surface area contributed by atoms with E-state index in [0.29, 0.717) is 29.6 Å². The van der Waals surface area contributed by atoms with Gasteiger partial charge in [0.25, 0.3) is 0 Å². The molecule has 4 nitrogen and oxygen atoms in total. The van der Waals surface area contributed by atoms with Gasteiger partial charge in [0.1, 0.15) is 11.3 Å². The second kappa shape index (κ2) is 5.40. The Hall–Kier alpha value is -2.62. The van der Waals surface area contributed by atoms with Gasteiger partial charge in [-0.05, 0) is 17.9 Å². The Morgan fingerprint density at radius 1 is 1.10 bits per heavy atom. The average Bonchev–Trinajstić information content (AvgIpc) is 2.47. The quantitative estimate of drug-likeness (QED) is 0.745. The first-order valence-corrected chi connectivity index (χ1v) is 6.81. The molecule has 106 valence electrons. The summed E-state index contributed by atoms with van der Waals surface area (Å²) in [5.41, 5.74) is 0.484. The molecule has 3 aromatic rings. The Bertz CT molecular complexity index is 877. The number of aliphatic carboxylic acids is 1. The molecule has 0 atom stereocenters. The molecular formula is C17H14O4. The van der Waals surface area contributed by atoms with Gasteiger partial charge in [0.05, 0.1) is 5.39 Å². The van der Waals surface area contributed by atoms with Gasteiger partial charge in [0.2, 0.25) is 0 Å². The van der Waals surface area contributed by atoms with Crippen molar-refractivity contribution in [2.24, 2.45) is 0 Å². The highest BCUT2D eigenvalue weighted by atomic mass is 16.4. The van der Waals surface area contributed by atoms with Crippen molar-refractivity contribution in [1.29, 1.82) is 0 Å². The van der Waals surface area contributed by atoms with Crippen LogP contribution in [0, 0.1) is 0 Å². The molecule has 0 fully saturated rings. The standard InChI is InChI=1S/C17H14O4/c18-15-10-12(5-3-7-16(19)20)21-17-13-6-2-1-4-11(13)8-9-14(15)17/h1-2,4,6,8-10H,3,5,7H2,(H,19,20). The van der Waals surface area contributed by atoms with E-state index in [-0.39, 0.29) is 11.8 Å². The molecule has 0 aliphatic rings. The van der Waals surface area contributed by atoms with E-state index in [0.717, 1.165) is 10.8 Å². The van der Waals surface area contributed by atoms with Crippen molar-refractivity contribution < 1.29 is 14.3 Å². The van der Waals surface area contributed by atoms with E-state index >= 15 is 0 Å². The van der Waals surface area contributed by atoms with Crippen LogP contribution in [0.5, 0.6) is 0 Å². The molecule has 0 spiro atoms. The number of carboxylic acid groups (broad SMARTS) is 1. The van der Waals surface area contributed by atoms with Crippen molar-refractivity contribution in [3.05, 3.63) is 58.4 Å². The van der Waals surface area contributed by atoms with Gasteiger partial charge in [-0.15, -0.1) is 0 Å². The third-order valence-electron chi connectivity index (χ3n) is 3.48. The summed E-state index contributed by atoms with van der Waals surface area (Å²) < 4.78 is 5.84. The van der Waals surface area contributed by atoms with Crippen LogP contribution in [-0.2, 0) is 11.2 Å². The molecule has 4 heteroatoms. The highest BCUT2D eigenvalue weighted by Crippen LogP contribution is 2.24. The molecule has 0 aliphatic carbocycles. The van der Waals surface area contributed by atoms with Crippen LogP contribution in [0.4, 0.5) is 0 Å². The van der Waals surface area contributed by atoms with Crippen LogP contribution in [0.3, 0.4) is 0 Å². The van der Waals surface area contributed by atoms with Crippen LogP contribution in [0.2, 0.25) is 0 Å². The molecule has 2 aromatic carbocycles. The number of rotatable bonds is 4. The lowest BCUT2D eigenvalue weighted by Gasteiger charge is -2.05. The second-order valence-electron chi connectivity index (χ2n) is 4.99. The molecule has 3 rings (SSSR count). The van der Waals surface area contributed by atoms with Crippen LogP contribution in [0.25, 0.3) is 21.7 Å². The fourth-order valence-electron chi connectivity index (χ4n) is 2.47. The zero-order valence-corrected chi connectivity index (χ0v) is 11.3. The topological polar surface area (TPSA) is 67.5 Å². The number of aryl methyl sites for hydroxylation is 1. The summed E-state index contributed by atoms with van der Waals surface area (Å²) >= 11 is 0. The van der Waals surface area contributed by atoms with Crippen LogP contribution < -0.4 is 5.43 Å². The zero-order chi connectivity index (χ0) is 14.8. The summed E-state index contributed by atoms with van der Waals surface area (Å²) in [5.74, 6) is -0.311. The molecule has 1 heterocycles. The third kappa shape index (κ3) is 2.65. The number of carbonyl (C=O) groups is 1. The monoisotopic (exact) mass is 282 g/mol. The zero-order valence-electron chi connectivity index (χ0n) is 11.3. The minimum atomic E-state index is -0.844. The largest absolute Gasteiger partial charge is 0.481 e. The lowest BCUT2D eigenvalue weighted by Crippen LogP contribution is -2.03. The first kappa shape index (κ1) is 13.4. The maximum atomic E-state index is 12.2. The fraction of sp³-hybridized carbons (Fsp3) is 0.176. The lowest BCUT2D eigenvalue weighted by atomic mass is 10.1. The third-order valence-corrected chi connectivity index (χ3v) is 3.48. The highest BCUT2D eigenvalue weighted by molar-refractivity contribution is 6.03. The van der Waals surface area contributed by atoms with E-state index in [2.05, 4.69) is 0 Å². The molecule has 1 N–H and O–H groups in total. The normalized spacial score (nSPS) is 11.0. The molecule has 0 amide bonds. The number of fused-ring (bicyclic) bond motifs is 3. The molecule has 0 radical (unpaired) electrons. The Morgan fingerprint density at radius 2 is 1.90 bits per heavy atom. The lowest BCUT2D eigenvalue weighted by molar-refractivity contribution is -0.137. The van der Waals surface area contributed by atoms with Gasteiger partial charge >= 0.3 is 5.97 Å². The van der Waals surface area contributed by atoms with Gasteiger partial charge < -0.3 is 9.52 Å². The predicted molar refractivity (Wildman–Crippen MR) is 80.6 cm³/mol. The summed E-state index contributed by atoms with van der Waals surface area (Å²) in [6.07, 6.45) is 0.965. The highest BCUT2D eigenvalue weighted by Gasteiger charge is 2.09. The Labute approximate surface area is 120 Å². The van der Waals surface area contributed by atoms with Gasteiger partial charge in [-0.25, -0.2) is 0 Å². The first-order chi connectivity index (χ1) is 10.1. The minimum Gasteiger partial charge on any atom is -0.481 e. The van der Waals surface area contributed by atoms with Crippen LogP contribution in [0.1, 0.15) is 18.6 Å². The summed E-state index contributed by atoms with van der Waals surface area (Å²) in [5, 5.41) is 11.1. The smallest absolute Gasteiger partial charge is 0.303 e. The number of hydrogen-bond acceptors (Lipinski definition) is 3. The van der Waals surface area contributed by atoms with Crippen LogP contribution in [0.15, 0.2) is 51.7 Å². The maximum absolute atomic E-state index is 12.2. The maximum Gasteiger partial charge on any atom is 0.303 e. The molecule has 0 bridgehead atoms. The van der Waals surface area contributed by atoms with Crippen LogP contribution in [-0.4, -0.2) is 11.1 Å². The number of hydrogen-bond donors (Lipinski definition) is 1. The fourth-order valence-corrected chi connectivity index (χ4v) is 2.47. The summed E-state index contributed by atoms with van der Waals surface area (Å²) in [4.78, 5) is 22.7. The van der Waals surface area contributed by atoms with E-state index < -0.39 is 5.97 Å². The van der Waals surface area contributed by atoms with E-state index in [4.69, 9.17) is 9.52 Å². The Kier molecular flexibility index (Phi) is 3.44. The predicted octanol–water partition coefficient (Wildman–Crippen LogP) is 3.35. The van der Waals surface area contributed by atoms with E-state index in [1.807, 2.05) is 30.3 Å². The minimum absolute atomic E-state index is 0.0668. The van der Waals surface area contributed by atoms with Crippen molar-refractivity contribution in [2.75, 3.05) is 0 Å². The van der Waals surface area contributed by atoms with Gasteiger partial charge in [-0.2, -0.15) is 0 Å². The number of benzene rings is 2. The van der Waals surface area contributed by atoms with Crippen molar-refractivity contribution in [3.63, 3.8) is 0 Å². The molecule has 1 aromatic heterocycles. The summed E-state index contributed by atoms with van der Waals surface area (Å²) in [6, 6.07) is 12.8. The van der Waals surface area contributed by atoms with E-state index in [1.165, 1.54) is 6.07 Å². The summed E-state index contributed by atoms with van der Waals surface area (Å²) in [7, 11) is 0. The van der Waals surface area contributed by atoms with Crippen molar-refractivity contribution >= 4 is 27.7 Å². The van der Waals surface area contributed by atoms with E-state index in [1.54, 1.807) is 6.07 Å². The number of carboxylic acids is 1. The Morgan fingerprint density at radius 3 is 2.71 bits per heavy atom. The summed E-state index contributed by atoms with van der Waals surface area (Å²) in [6.45, 7) is 0. The first-order valence-electron chi connectivity index (χ1n) is 6.81. The van der Waals surface area contributed by atoms with Gasteiger partial charge in [0.15, 0.2) is 5.43 Å². The van der Waals surface area contributed by atoms with Gasteiger partial charge in [-0.3, -0.25) is 9.59 Å². The Balaban J connectivity index is 2.10. The van der Waals surface area contributed by atoms with Crippen LogP contribution >= 0.6 is 0 Å². The molecule has 0 aliphatic heterocycles. The average molecular weight is 282 g/mol. The van der Waals surface area contributed by atoms with Crippen molar-refractivity contribution in [2.45, 2.75) is 19.3 Å². The molecule has 0 unspecified atom stereocenters. The van der Waals surface area contributed by atoms with E-state index in [9.17, 15) is 9.59 Å². The SMILES string of the molecule is O=C(O)CCCc1cc(=O)c2ccc3ccccc3c2o1. The molecule has 0 saturated heterocycles. The second-order valence-corrected chi connectivity index (χ2v) is 4.99. The van der Waals surface area contributed by atoms with Crippen molar-refractivity contribution in [1.82, 2.24) is 0 Å². The molecule has 21 heavy (non-hydrogen) atoms. The van der Waals surface area contributed by atoms with Gasteiger partial charge in [-0.1, -0.05) is 30.3 Å². The molecular weight excluding hydrogens is 268 g/mol. The van der Waals surface area contributed by atoms with Gasteiger partial charge in [0, 0.05) is 24.3 Å².